The Bertz CT molecular complexity index is 1250. The first-order chi connectivity index (χ1) is 15.6. The van der Waals surface area contributed by atoms with Gasteiger partial charge in [-0.2, -0.15) is 0 Å². The van der Waals surface area contributed by atoms with Crippen LogP contribution in [0.2, 0.25) is 0 Å². The Hall–Kier alpha value is -3.51. The monoisotopic (exact) mass is 462 g/mol. The Labute approximate surface area is 186 Å². The van der Waals surface area contributed by atoms with Crippen molar-refractivity contribution >= 4 is 11.0 Å². The van der Waals surface area contributed by atoms with Gasteiger partial charge in [0.25, 0.3) is 0 Å². The van der Waals surface area contributed by atoms with E-state index in [0.717, 1.165) is 12.1 Å². The number of hydrogen-bond donors (Lipinski definition) is 6. The van der Waals surface area contributed by atoms with Gasteiger partial charge in [-0.15, -0.1) is 0 Å². The highest BCUT2D eigenvalue weighted by Crippen LogP contribution is 2.39. The molecule has 5 atom stereocenters. The zero-order valence-electron chi connectivity index (χ0n) is 17.5. The second-order valence-electron chi connectivity index (χ2n) is 7.61. The highest BCUT2D eigenvalue weighted by molar-refractivity contribution is 5.88. The van der Waals surface area contributed by atoms with Gasteiger partial charge >= 0.3 is 0 Å². The van der Waals surface area contributed by atoms with E-state index in [1.165, 1.54) is 32.2 Å². The smallest absolute Gasteiger partial charge is 0.238 e. The van der Waals surface area contributed by atoms with Gasteiger partial charge in [0.05, 0.1) is 13.2 Å². The summed E-state index contributed by atoms with van der Waals surface area (Å²) in [5.74, 6) is -1.70. The zero-order chi connectivity index (χ0) is 24.0. The number of phenolic OH excluding ortho intramolecular Hbond substituents is 2. The van der Waals surface area contributed by atoms with Gasteiger partial charge in [0.15, 0.2) is 17.3 Å². The van der Waals surface area contributed by atoms with Crippen molar-refractivity contribution in [3.63, 3.8) is 0 Å². The maximum Gasteiger partial charge on any atom is 0.238 e. The number of fused-ring (bicyclic) bond motifs is 1. The molecule has 5 unspecified atom stereocenters. The van der Waals surface area contributed by atoms with Crippen molar-refractivity contribution in [3.8, 4) is 40.1 Å². The van der Waals surface area contributed by atoms with E-state index in [9.17, 15) is 35.4 Å². The molecular formula is C22H22O11. The fourth-order valence-corrected chi connectivity index (χ4v) is 3.61. The Balaban J connectivity index is 1.73. The van der Waals surface area contributed by atoms with Gasteiger partial charge in [0, 0.05) is 17.7 Å². The van der Waals surface area contributed by atoms with Crippen molar-refractivity contribution in [2.45, 2.75) is 37.6 Å². The summed E-state index contributed by atoms with van der Waals surface area (Å²) in [6.45, 7) is 1.51. The van der Waals surface area contributed by atoms with E-state index >= 15 is 0 Å². The maximum atomic E-state index is 12.6. The van der Waals surface area contributed by atoms with Crippen molar-refractivity contribution in [3.05, 3.63) is 40.6 Å². The zero-order valence-corrected chi connectivity index (χ0v) is 17.5. The van der Waals surface area contributed by atoms with Crippen LogP contribution >= 0.6 is 0 Å². The molecule has 176 valence electrons. The maximum absolute atomic E-state index is 12.6. The summed E-state index contributed by atoms with van der Waals surface area (Å²) < 4.78 is 21.9. The molecule has 2 aromatic carbocycles. The number of phenols is 2. The van der Waals surface area contributed by atoms with Crippen LogP contribution in [0.1, 0.15) is 6.92 Å². The van der Waals surface area contributed by atoms with E-state index in [1.54, 1.807) is 0 Å². The Morgan fingerprint density at radius 3 is 2.36 bits per heavy atom. The number of aliphatic hydroxyl groups excluding tert-OH is 3. The molecule has 6 N–H and O–H groups in total. The van der Waals surface area contributed by atoms with Gasteiger partial charge in [0.1, 0.15) is 40.8 Å². The van der Waals surface area contributed by atoms with E-state index in [4.69, 9.17) is 18.6 Å². The van der Waals surface area contributed by atoms with E-state index in [2.05, 4.69) is 0 Å². The summed E-state index contributed by atoms with van der Waals surface area (Å²) in [5, 5.41) is 59.7. The van der Waals surface area contributed by atoms with E-state index in [1.807, 2.05) is 0 Å². The first kappa shape index (κ1) is 22.7. The summed E-state index contributed by atoms with van der Waals surface area (Å²) in [6.07, 6.45) is -6.43. The molecule has 1 fully saturated rings. The Morgan fingerprint density at radius 1 is 0.939 bits per heavy atom. The summed E-state index contributed by atoms with van der Waals surface area (Å²) in [6, 6.07) is 6.28. The van der Waals surface area contributed by atoms with Crippen LogP contribution < -0.4 is 14.9 Å². The number of hydrogen-bond acceptors (Lipinski definition) is 11. The lowest BCUT2D eigenvalue weighted by molar-refractivity contribution is -0.268. The van der Waals surface area contributed by atoms with Crippen LogP contribution in [0, 0.1) is 0 Å². The van der Waals surface area contributed by atoms with Crippen LogP contribution in [-0.2, 0) is 4.74 Å². The quantitative estimate of drug-likeness (QED) is 0.323. The predicted octanol–water partition coefficient (Wildman–Crippen LogP) is 0.792. The summed E-state index contributed by atoms with van der Waals surface area (Å²) in [4.78, 5) is 12.6. The average molecular weight is 462 g/mol. The van der Waals surface area contributed by atoms with Crippen molar-refractivity contribution in [2.24, 2.45) is 0 Å². The van der Waals surface area contributed by atoms with Gasteiger partial charge in [-0.1, -0.05) is 0 Å². The second kappa shape index (κ2) is 8.45. The number of benzene rings is 2. The lowest BCUT2D eigenvalue weighted by Gasteiger charge is -2.39. The average Bonchev–Trinajstić information content (AvgIpc) is 2.78. The summed E-state index contributed by atoms with van der Waals surface area (Å²) in [7, 11) is 1.33. The summed E-state index contributed by atoms with van der Waals surface area (Å²) >= 11 is 0. The minimum absolute atomic E-state index is 0.0963. The first-order valence-electron chi connectivity index (χ1n) is 9.88. The number of ether oxygens (including phenoxy) is 3. The molecule has 1 saturated heterocycles. The second-order valence-corrected chi connectivity index (χ2v) is 7.61. The SMILES string of the molecule is COc1cc(-c2oc3cc(O)cc(O)c3c(=O)c2O)ccc1OC1OC(C)C(O)C(O)C1O. The fraction of sp³-hybridized carbons (Fsp3) is 0.318. The third kappa shape index (κ3) is 3.91. The fourth-order valence-electron chi connectivity index (χ4n) is 3.61. The van der Waals surface area contributed by atoms with Crippen LogP contribution in [0.5, 0.6) is 28.7 Å². The van der Waals surface area contributed by atoms with Crippen LogP contribution in [-0.4, -0.2) is 68.5 Å². The van der Waals surface area contributed by atoms with Crippen molar-refractivity contribution in [1.29, 1.82) is 0 Å². The van der Waals surface area contributed by atoms with Crippen LogP contribution in [0.25, 0.3) is 22.3 Å². The number of methoxy groups -OCH3 is 1. The minimum atomic E-state index is -1.54. The molecule has 1 aliphatic heterocycles. The minimum Gasteiger partial charge on any atom is -0.508 e. The van der Waals surface area contributed by atoms with Gasteiger partial charge in [-0.05, 0) is 25.1 Å². The van der Waals surface area contributed by atoms with Crippen LogP contribution in [0.15, 0.2) is 39.5 Å². The predicted molar refractivity (Wildman–Crippen MR) is 112 cm³/mol. The molecule has 0 radical (unpaired) electrons. The number of aromatic hydroxyl groups is 3. The molecule has 2 heterocycles. The van der Waals surface area contributed by atoms with Crippen LogP contribution in [0.3, 0.4) is 0 Å². The molecule has 0 amide bonds. The highest BCUT2D eigenvalue weighted by atomic mass is 16.7. The largest absolute Gasteiger partial charge is 0.508 e. The van der Waals surface area contributed by atoms with Crippen molar-refractivity contribution < 1.29 is 49.3 Å². The molecule has 0 spiro atoms. The molecule has 11 nitrogen and oxygen atoms in total. The van der Waals surface area contributed by atoms with E-state index in [0.29, 0.717) is 0 Å². The lowest BCUT2D eigenvalue weighted by atomic mass is 10.00. The molecule has 4 rings (SSSR count). The Kier molecular flexibility index (Phi) is 5.80. The van der Waals surface area contributed by atoms with Crippen molar-refractivity contribution in [1.82, 2.24) is 0 Å². The van der Waals surface area contributed by atoms with Gasteiger partial charge in [-0.3, -0.25) is 4.79 Å². The lowest BCUT2D eigenvalue weighted by Crippen LogP contribution is -2.58. The standard InChI is InChI=1S/C22H22O11/c1-8-16(25)18(27)20(29)22(31-8)33-12-4-3-9(5-13(12)30-2)21-19(28)17(26)15-11(24)6-10(23)7-14(15)32-21/h3-8,16,18,20,22-25,27-29H,1-2H3. The van der Waals surface area contributed by atoms with Gasteiger partial charge < -0.3 is 49.3 Å². The van der Waals surface area contributed by atoms with Gasteiger partial charge in [-0.25, -0.2) is 0 Å². The first-order valence-corrected chi connectivity index (χ1v) is 9.88. The Morgan fingerprint density at radius 2 is 1.67 bits per heavy atom. The topological polar surface area (TPSA) is 179 Å². The normalized spacial score (nSPS) is 25.2. The van der Waals surface area contributed by atoms with E-state index in [-0.39, 0.29) is 39.5 Å². The molecule has 1 aromatic heterocycles. The molecule has 0 aliphatic carbocycles. The molecule has 33 heavy (non-hydrogen) atoms. The van der Waals surface area contributed by atoms with Gasteiger partial charge in [0.2, 0.25) is 17.5 Å². The van der Waals surface area contributed by atoms with Crippen LogP contribution in [0.4, 0.5) is 0 Å². The third-order valence-corrected chi connectivity index (χ3v) is 5.41. The molecular weight excluding hydrogens is 440 g/mol. The number of aliphatic hydroxyl groups is 3. The number of rotatable bonds is 4. The van der Waals surface area contributed by atoms with Crippen molar-refractivity contribution in [2.75, 3.05) is 7.11 Å². The highest BCUT2D eigenvalue weighted by Gasteiger charge is 2.43. The third-order valence-electron chi connectivity index (χ3n) is 5.41. The molecule has 0 saturated carbocycles. The summed E-state index contributed by atoms with van der Waals surface area (Å²) in [5.41, 5.74) is -0.847. The molecule has 11 heteroatoms. The molecule has 1 aliphatic rings. The molecule has 3 aromatic rings. The van der Waals surface area contributed by atoms with E-state index < -0.39 is 47.6 Å². The molecule has 0 bridgehead atoms.